The summed E-state index contributed by atoms with van der Waals surface area (Å²) in [5, 5.41) is 9.83. The number of amides is 1. The van der Waals surface area contributed by atoms with Crippen LogP contribution in [0.3, 0.4) is 0 Å². The third kappa shape index (κ3) is 3.35. The molecule has 0 bridgehead atoms. The first kappa shape index (κ1) is 13.6. The molecule has 6 nitrogen and oxygen atoms in total. The zero-order chi connectivity index (χ0) is 14.0. The van der Waals surface area contributed by atoms with Crippen LogP contribution in [-0.4, -0.2) is 39.2 Å². The van der Waals surface area contributed by atoms with Gasteiger partial charge in [0.05, 0.1) is 5.60 Å². The van der Waals surface area contributed by atoms with Crippen molar-refractivity contribution in [2.75, 3.05) is 18.8 Å². The fourth-order valence-corrected chi connectivity index (χ4v) is 2.16. The van der Waals surface area contributed by atoms with Crippen LogP contribution in [0.4, 0.5) is 5.69 Å². The summed E-state index contributed by atoms with van der Waals surface area (Å²) in [7, 11) is 0. The molecule has 0 aliphatic carbocycles. The molecular formula is C13H19N3O3. The second-order valence-corrected chi connectivity index (χ2v) is 5.31. The maximum atomic E-state index is 12.1. The summed E-state index contributed by atoms with van der Waals surface area (Å²) in [6, 6.07) is 2.87. The molecule has 104 valence electrons. The fraction of sp³-hybridized carbons (Fsp3) is 0.538. The third-order valence-corrected chi connectivity index (χ3v) is 3.51. The maximum absolute atomic E-state index is 12.1. The smallest absolute Gasteiger partial charge is 0.251 e. The molecule has 2 heterocycles. The second-order valence-electron chi connectivity index (χ2n) is 5.31. The molecule has 6 heteroatoms. The van der Waals surface area contributed by atoms with Gasteiger partial charge in [-0.3, -0.25) is 9.59 Å². The van der Waals surface area contributed by atoms with E-state index < -0.39 is 5.60 Å². The molecule has 1 saturated heterocycles. The van der Waals surface area contributed by atoms with Crippen molar-refractivity contribution in [1.82, 2.24) is 9.47 Å². The lowest BCUT2D eigenvalue weighted by Crippen LogP contribution is -2.46. The van der Waals surface area contributed by atoms with Crippen molar-refractivity contribution in [2.24, 2.45) is 0 Å². The van der Waals surface area contributed by atoms with E-state index in [1.54, 1.807) is 11.8 Å². The Morgan fingerprint density at radius 3 is 2.68 bits per heavy atom. The number of rotatable bonds is 2. The van der Waals surface area contributed by atoms with E-state index in [1.807, 2.05) is 0 Å². The Balaban J connectivity index is 2.02. The van der Waals surface area contributed by atoms with Gasteiger partial charge in [0.15, 0.2) is 0 Å². The van der Waals surface area contributed by atoms with Crippen LogP contribution in [0.5, 0.6) is 0 Å². The van der Waals surface area contributed by atoms with Crippen molar-refractivity contribution < 1.29 is 9.90 Å². The maximum Gasteiger partial charge on any atom is 0.251 e. The van der Waals surface area contributed by atoms with Crippen LogP contribution in [0.1, 0.15) is 19.8 Å². The molecule has 1 fully saturated rings. The molecule has 1 amide bonds. The van der Waals surface area contributed by atoms with E-state index in [2.05, 4.69) is 0 Å². The number of nitrogen functional groups attached to an aromatic ring is 1. The highest BCUT2D eigenvalue weighted by molar-refractivity contribution is 5.76. The normalized spacial score (nSPS) is 18.3. The van der Waals surface area contributed by atoms with Crippen molar-refractivity contribution in [3.05, 3.63) is 28.7 Å². The van der Waals surface area contributed by atoms with Crippen LogP contribution in [0.25, 0.3) is 0 Å². The summed E-state index contributed by atoms with van der Waals surface area (Å²) in [6.07, 6.45) is 2.59. The second kappa shape index (κ2) is 5.05. The van der Waals surface area contributed by atoms with Gasteiger partial charge in [-0.15, -0.1) is 0 Å². The van der Waals surface area contributed by atoms with E-state index in [0.29, 0.717) is 31.6 Å². The highest BCUT2D eigenvalue weighted by Gasteiger charge is 2.29. The van der Waals surface area contributed by atoms with Crippen LogP contribution >= 0.6 is 0 Å². The number of piperidine rings is 1. The lowest BCUT2D eigenvalue weighted by atomic mass is 9.94. The van der Waals surface area contributed by atoms with E-state index in [4.69, 9.17) is 5.73 Å². The van der Waals surface area contributed by atoms with Crippen LogP contribution in [0, 0.1) is 0 Å². The van der Waals surface area contributed by atoms with E-state index in [-0.39, 0.29) is 18.0 Å². The van der Waals surface area contributed by atoms with E-state index in [0.717, 1.165) is 0 Å². The first-order chi connectivity index (χ1) is 8.87. The van der Waals surface area contributed by atoms with Gasteiger partial charge < -0.3 is 20.3 Å². The number of likely N-dealkylation sites (tertiary alicyclic amines) is 1. The number of aliphatic hydroxyl groups is 1. The van der Waals surface area contributed by atoms with Gasteiger partial charge in [0.25, 0.3) is 5.56 Å². The van der Waals surface area contributed by atoms with Gasteiger partial charge in [-0.1, -0.05) is 0 Å². The topological polar surface area (TPSA) is 88.6 Å². The minimum absolute atomic E-state index is 0.00792. The molecule has 0 atom stereocenters. The number of hydrogen-bond donors (Lipinski definition) is 2. The zero-order valence-corrected chi connectivity index (χ0v) is 11.0. The van der Waals surface area contributed by atoms with Crippen molar-refractivity contribution in [1.29, 1.82) is 0 Å². The largest absolute Gasteiger partial charge is 0.398 e. The van der Waals surface area contributed by atoms with E-state index in [1.165, 1.54) is 22.9 Å². The number of aromatic nitrogens is 1. The Bertz CT molecular complexity index is 526. The molecule has 1 aromatic rings. The number of nitrogens with two attached hydrogens (primary N) is 1. The summed E-state index contributed by atoms with van der Waals surface area (Å²) in [5.74, 6) is -0.122. The van der Waals surface area contributed by atoms with Gasteiger partial charge in [0, 0.05) is 31.0 Å². The first-order valence-electron chi connectivity index (χ1n) is 6.33. The van der Waals surface area contributed by atoms with Gasteiger partial charge in [0.2, 0.25) is 5.91 Å². The van der Waals surface area contributed by atoms with Gasteiger partial charge in [-0.2, -0.15) is 0 Å². The summed E-state index contributed by atoms with van der Waals surface area (Å²) in [6.45, 7) is 2.80. The highest BCUT2D eigenvalue weighted by atomic mass is 16.3. The number of carbonyl (C=O) groups is 1. The number of hydrogen-bond acceptors (Lipinski definition) is 4. The summed E-state index contributed by atoms with van der Waals surface area (Å²) in [5.41, 5.74) is 5.12. The minimum atomic E-state index is -0.690. The van der Waals surface area contributed by atoms with Gasteiger partial charge >= 0.3 is 0 Å². The van der Waals surface area contributed by atoms with Crippen molar-refractivity contribution >= 4 is 11.6 Å². The Kier molecular flexibility index (Phi) is 3.61. The summed E-state index contributed by atoms with van der Waals surface area (Å²) in [4.78, 5) is 25.3. The third-order valence-electron chi connectivity index (χ3n) is 3.51. The molecular weight excluding hydrogens is 246 g/mol. The molecule has 3 N–H and O–H groups in total. The molecule has 0 saturated carbocycles. The lowest BCUT2D eigenvalue weighted by molar-refractivity contribution is -0.135. The van der Waals surface area contributed by atoms with Crippen molar-refractivity contribution in [3.63, 3.8) is 0 Å². The first-order valence-corrected chi connectivity index (χ1v) is 6.33. The number of carbonyl (C=O) groups excluding carboxylic acids is 1. The molecule has 0 radical (unpaired) electrons. The van der Waals surface area contributed by atoms with Gasteiger partial charge in [0.1, 0.15) is 6.54 Å². The molecule has 2 rings (SSSR count). The fourth-order valence-electron chi connectivity index (χ4n) is 2.16. The molecule has 1 aliphatic rings. The number of nitrogens with zero attached hydrogens (tertiary/aromatic N) is 2. The average Bonchev–Trinajstić information content (AvgIpc) is 2.33. The minimum Gasteiger partial charge on any atom is -0.398 e. The van der Waals surface area contributed by atoms with Gasteiger partial charge in [-0.25, -0.2) is 0 Å². The van der Waals surface area contributed by atoms with Crippen molar-refractivity contribution in [3.8, 4) is 0 Å². The Morgan fingerprint density at radius 2 is 2.05 bits per heavy atom. The molecule has 19 heavy (non-hydrogen) atoms. The lowest BCUT2D eigenvalue weighted by Gasteiger charge is -2.35. The quantitative estimate of drug-likeness (QED) is 0.775. The summed E-state index contributed by atoms with van der Waals surface area (Å²) >= 11 is 0. The molecule has 0 unspecified atom stereocenters. The molecule has 0 aromatic carbocycles. The van der Waals surface area contributed by atoms with Gasteiger partial charge in [-0.05, 0) is 25.8 Å². The standard InChI is InChI=1S/C13H19N3O3/c1-13(19)4-6-15(7-5-13)12(18)9-16-8-10(14)2-3-11(16)17/h2-3,8,19H,4-7,9,14H2,1H3. The number of pyridine rings is 1. The van der Waals surface area contributed by atoms with E-state index in [9.17, 15) is 14.7 Å². The molecule has 1 aliphatic heterocycles. The number of anilines is 1. The highest BCUT2D eigenvalue weighted by Crippen LogP contribution is 2.21. The van der Waals surface area contributed by atoms with Crippen LogP contribution in [-0.2, 0) is 11.3 Å². The summed E-state index contributed by atoms with van der Waals surface area (Å²) < 4.78 is 1.31. The Morgan fingerprint density at radius 1 is 1.42 bits per heavy atom. The van der Waals surface area contributed by atoms with Crippen molar-refractivity contribution in [2.45, 2.75) is 31.9 Å². The monoisotopic (exact) mass is 265 g/mol. The SMILES string of the molecule is CC1(O)CCN(C(=O)Cn2cc(N)ccc2=O)CC1. The van der Waals surface area contributed by atoms with Crippen LogP contribution < -0.4 is 11.3 Å². The van der Waals surface area contributed by atoms with Crippen LogP contribution in [0.2, 0.25) is 0 Å². The van der Waals surface area contributed by atoms with E-state index >= 15 is 0 Å². The van der Waals surface area contributed by atoms with Crippen LogP contribution in [0.15, 0.2) is 23.1 Å². The Hall–Kier alpha value is -1.82. The predicted octanol–water partition coefficient (Wildman–Crippen LogP) is -0.196. The average molecular weight is 265 g/mol. The molecule has 1 aromatic heterocycles. The zero-order valence-electron chi connectivity index (χ0n) is 11.0. The Labute approximate surface area is 111 Å². The predicted molar refractivity (Wildman–Crippen MR) is 71.6 cm³/mol. The molecule has 0 spiro atoms.